The SMILES string of the molecule is CC1(C)CCCC(NC(=O)C2COCCN2)C1. The summed E-state index contributed by atoms with van der Waals surface area (Å²) >= 11 is 0. The molecule has 1 saturated carbocycles. The lowest BCUT2D eigenvalue weighted by atomic mass is 9.75. The van der Waals surface area contributed by atoms with Crippen LogP contribution in [0.15, 0.2) is 0 Å². The molecular weight excluding hydrogens is 216 g/mol. The third-order valence-corrected chi connectivity index (χ3v) is 3.79. The zero-order valence-electron chi connectivity index (χ0n) is 10.9. The summed E-state index contributed by atoms with van der Waals surface area (Å²) in [6, 6.07) is 0.184. The minimum atomic E-state index is -0.159. The van der Waals surface area contributed by atoms with E-state index in [0.717, 1.165) is 19.4 Å². The fraction of sp³-hybridized carbons (Fsp3) is 0.923. The van der Waals surface area contributed by atoms with Gasteiger partial charge >= 0.3 is 0 Å². The predicted octanol–water partition coefficient (Wildman–Crippen LogP) is 1.06. The van der Waals surface area contributed by atoms with Crippen molar-refractivity contribution in [1.29, 1.82) is 0 Å². The van der Waals surface area contributed by atoms with E-state index in [1.54, 1.807) is 0 Å². The van der Waals surface area contributed by atoms with Gasteiger partial charge in [-0.1, -0.05) is 20.3 Å². The molecule has 1 saturated heterocycles. The Kier molecular flexibility index (Phi) is 4.05. The Morgan fingerprint density at radius 1 is 1.47 bits per heavy atom. The fourth-order valence-electron chi connectivity index (χ4n) is 2.86. The highest BCUT2D eigenvalue weighted by atomic mass is 16.5. The van der Waals surface area contributed by atoms with Crippen molar-refractivity contribution in [3.63, 3.8) is 0 Å². The molecule has 17 heavy (non-hydrogen) atoms. The number of ether oxygens (including phenoxy) is 1. The zero-order valence-corrected chi connectivity index (χ0v) is 10.9. The van der Waals surface area contributed by atoms with E-state index in [-0.39, 0.29) is 11.9 Å². The standard InChI is InChI=1S/C13H24N2O2/c1-13(2)5-3-4-10(8-13)15-12(16)11-9-17-7-6-14-11/h10-11,14H,3-9H2,1-2H3,(H,15,16). The monoisotopic (exact) mass is 240 g/mol. The maximum absolute atomic E-state index is 12.0. The number of hydrogen-bond donors (Lipinski definition) is 2. The molecule has 2 atom stereocenters. The molecule has 2 N–H and O–H groups in total. The molecule has 2 fully saturated rings. The van der Waals surface area contributed by atoms with Gasteiger partial charge in [0.1, 0.15) is 6.04 Å². The molecule has 0 aromatic heterocycles. The Labute approximate surface area is 103 Å². The molecule has 1 heterocycles. The van der Waals surface area contributed by atoms with E-state index in [1.165, 1.54) is 12.8 Å². The first-order chi connectivity index (χ1) is 8.07. The number of carbonyl (C=O) groups excluding carboxylic acids is 1. The molecule has 4 heteroatoms. The van der Waals surface area contributed by atoms with Crippen LogP contribution in [0.1, 0.15) is 39.5 Å². The van der Waals surface area contributed by atoms with Crippen LogP contribution in [-0.2, 0) is 9.53 Å². The Balaban J connectivity index is 1.81. The van der Waals surface area contributed by atoms with Crippen LogP contribution >= 0.6 is 0 Å². The van der Waals surface area contributed by atoms with Crippen LogP contribution in [0, 0.1) is 5.41 Å². The number of carbonyl (C=O) groups is 1. The first kappa shape index (κ1) is 12.8. The number of nitrogens with one attached hydrogen (secondary N) is 2. The van der Waals surface area contributed by atoms with Gasteiger partial charge in [-0.3, -0.25) is 4.79 Å². The molecule has 2 rings (SSSR count). The molecule has 0 bridgehead atoms. The van der Waals surface area contributed by atoms with E-state index in [9.17, 15) is 4.79 Å². The Bertz CT molecular complexity index is 273. The quantitative estimate of drug-likeness (QED) is 0.759. The lowest BCUT2D eigenvalue weighted by Crippen LogP contribution is -2.54. The van der Waals surface area contributed by atoms with Gasteiger partial charge in [0.2, 0.25) is 5.91 Å². The Morgan fingerprint density at radius 3 is 2.94 bits per heavy atom. The summed E-state index contributed by atoms with van der Waals surface area (Å²) in [5.41, 5.74) is 0.368. The van der Waals surface area contributed by atoms with Crippen molar-refractivity contribution < 1.29 is 9.53 Å². The molecule has 1 amide bonds. The molecule has 0 aromatic carbocycles. The molecule has 1 aliphatic carbocycles. The van der Waals surface area contributed by atoms with Crippen LogP contribution in [0.25, 0.3) is 0 Å². The normalized spacial score (nSPS) is 33.1. The first-order valence-corrected chi connectivity index (χ1v) is 6.68. The lowest BCUT2D eigenvalue weighted by molar-refractivity contribution is -0.127. The van der Waals surface area contributed by atoms with Gasteiger partial charge in [0.15, 0.2) is 0 Å². The second kappa shape index (κ2) is 5.36. The van der Waals surface area contributed by atoms with Crippen LogP contribution in [0.2, 0.25) is 0 Å². The second-order valence-corrected chi connectivity index (χ2v) is 6.05. The topological polar surface area (TPSA) is 50.4 Å². The van der Waals surface area contributed by atoms with E-state index in [1.807, 2.05) is 0 Å². The summed E-state index contributed by atoms with van der Waals surface area (Å²) < 4.78 is 5.31. The summed E-state index contributed by atoms with van der Waals surface area (Å²) in [5, 5.41) is 6.35. The molecule has 2 unspecified atom stereocenters. The summed E-state index contributed by atoms with van der Waals surface area (Å²) in [5.74, 6) is 0.104. The van der Waals surface area contributed by atoms with Crippen LogP contribution in [0.5, 0.6) is 0 Å². The molecule has 4 nitrogen and oxygen atoms in total. The van der Waals surface area contributed by atoms with Gasteiger partial charge < -0.3 is 15.4 Å². The molecule has 98 valence electrons. The maximum atomic E-state index is 12.0. The zero-order chi connectivity index (χ0) is 12.3. The molecule has 0 spiro atoms. The number of hydrogen-bond acceptors (Lipinski definition) is 3. The highest BCUT2D eigenvalue weighted by molar-refractivity contribution is 5.82. The average molecular weight is 240 g/mol. The minimum Gasteiger partial charge on any atom is -0.378 e. The van der Waals surface area contributed by atoms with E-state index in [2.05, 4.69) is 24.5 Å². The highest BCUT2D eigenvalue weighted by Gasteiger charge is 2.30. The smallest absolute Gasteiger partial charge is 0.239 e. The first-order valence-electron chi connectivity index (χ1n) is 6.68. The molecule has 0 aromatic rings. The molecule has 2 aliphatic rings. The second-order valence-electron chi connectivity index (χ2n) is 6.05. The van der Waals surface area contributed by atoms with Crippen molar-refractivity contribution in [1.82, 2.24) is 10.6 Å². The van der Waals surface area contributed by atoms with E-state index < -0.39 is 0 Å². The minimum absolute atomic E-state index is 0.104. The lowest BCUT2D eigenvalue weighted by Gasteiger charge is -2.36. The van der Waals surface area contributed by atoms with Gasteiger partial charge in [-0.25, -0.2) is 0 Å². The van der Waals surface area contributed by atoms with E-state index in [4.69, 9.17) is 4.74 Å². The van der Waals surface area contributed by atoms with Crippen molar-refractivity contribution in [2.45, 2.75) is 51.6 Å². The Morgan fingerprint density at radius 2 is 2.29 bits per heavy atom. The highest BCUT2D eigenvalue weighted by Crippen LogP contribution is 2.35. The third kappa shape index (κ3) is 3.68. The fourth-order valence-corrected chi connectivity index (χ4v) is 2.86. The largest absolute Gasteiger partial charge is 0.378 e. The number of morpholine rings is 1. The van der Waals surface area contributed by atoms with Crippen LogP contribution in [-0.4, -0.2) is 37.7 Å². The summed E-state index contributed by atoms with van der Waals surface area (Å²) in [6.45, 7) is 6.55. The summed E-state index contributed by atoms with van der Waals surface area (Å²) in [6.07, 6.45) is 4.69. The average Bonchev–Trinajstić information content (AvgIpc) is 2.29. The van der Waals surface area contributed by atoms with Gasteiger partial charge in [-0.15, -0.1) is 0 Å². The molecular formula is C13H24N2O2. The van der Waals surface area contributed by atoms with Crippen molar-refractivity contribution in [2.24, 2.45) is 5.41 Å². The van der Waals surface area contributed by atoms with Gasteiger partial charge in [0.05, 0.1) is 13.2 Å². The Hall–Kier alpha value is -0.610. The van der Waals surface area contributed by atoms with E-state index >= 15 is 0 Å². The van der Waals surface area contributed by atoms with Crippen LogP contribution in [0.3, 0.4) is 0 Å². The summed E-state index contributed by atoms with van der Waals surface area (Å²) in [7, 11) is 0. The van der Waals surface area contributed by atoms with Gasteiger partial charge in [0.25, 0.3) is 0 Å². The number of amides is 1. The predicted molar refractivity (Wildman–Crippen MR) is 66.8 cm³/mol. The third-order valence-electron chi connectivity index (χ3n) is 3.79. The molecule has 0 radical (unpaired) electrons. The van der Waals surface area contributed by atoms with Gasteiger partial charge in [-0.05, 0) is 24.7 Å². The number of rotatable bonds is 2. The maximum Gasteiger partial charge on any atom is 0.239 e. The van der Waals surface area contributed by atoms with Crippen molar-refractivity contribution in [3.05, 3.63) is 0 Å². The molecule has 1 aliphatic heterocycles. The van der Waals surface area contributed by atoms with E-state index in [0.29, 0.717) is 24.7 Å². The van der Waals surface area contributed by atoms with Gasteiger partial charge in [0, 0.05) is 12.6 Å². The van der Waals surface area contributed by atoms with Crippen LogP contribution in [0.4, 0.5) is 0 Å². The van der Waals surface area contributed by atoms with Crippen molar-refractivity contribution in [2.75, 3.05) is 19.8 Å². The van der Waals surface area contributed by atoms with Gasteiger partial charge in [-0.2, -0.15) is 0 Å². The van der Waals surface area contributed by atoms with Crippen molar-refractivity contribution >= 4 is 5.91 Å². The summed E-state index contributed by atoms with van der Waals surface area (Å²) in [4.78, 5) is 12.0. The van der Waals surface area contributed by atoms with Crippen molar-refractivity contribution in [3.8, 4) is 0 Å². The van der Waals surface area contributed by atoms with Crippen LogP contribution < -0.4 is 10.6 Å².